The first-order valence-electron chi connectivity index (χ1n) is 15.9. The Morgan fingerprint density at radius 1 is 0.826 bits per heavy atom. The number of piperazine rings is 1. The zero-order valence-electron chi connectivity index (χ0n) is 26.6. The van der Waals surface area contributed by atoms with E-state index in [1.165, 1.54) is 36.4 Å². The molecule has 2 amide bonds. The predicted octanol–water partition coefficient (Wildman–Crippen LogP) is 6.39. The molecule has 1 heterocycles. The molecule has 1 unspecified atom stereocenters. The fraction of sp³-hybridized carbons (Fsp3) is 0.282. The van der Waals surface area contributed by atoms with Crippen LogP contribution in [-0.2, 0) is 35.5 Å². The van der Waals surface area contributed by atoms with Gasteiger partial charge in [0.05, 0.1) is 7.11 Å². The largest absolute Gasteiger partial charge is 0.494 e. The van der Waals surface area contributed by atoms with Crippen molar-refractivity contribution < 1.29 is 18.7 Å². The van der Waals surface area contributed by atoms with Crippen molar-refractivity contribution in [1.29, 1.82) is 0 Å². The van der Waals surface area contributed by atoms with Gasteiger partial charge in [-0.2, -0.15) is 0 Å². The van der Waals surface area contributed by atoms with Crippen LogP contribution in [0, 0.1) is 5.82 Å². The van der Waals surface area contributed by atoms with E-state index in [1.807, 2.05) is 65.6 Å². The van der Waals surface area contributed by atoms with E-state index in [4.69, 9.17) is 4.74 Å². The lowest BCUT2D eigenvalue weighted by Crippen LogP contribution is -2.56. The lowest BCUT2D eigenvalue weighted by molar-refractivity contribution is -0.145. The van der Waals surface area contributed by atoms with Gasteiger partial charge in [-0.3, -0.25) is 14.5 Å². The van der Waals surface area contributed by atoms with Crippen LogP contribution >= 0.6 is 0 Å². The number of rotatable bonds is 12. The summed E-state index contributed by atoms with van der Waals surface area (Å²) in [7, 11) is 1.41. The maximum absolute atomic E-state index is 14.4. The topological polar surface area (TPSA) is 53.1 Å². The van der Waals surface area contributed by atoms with Crippen molar-refractivity contribution >= 4 is 17.9 Å². The van der Waals surface area contributed by atoms with Crippen LogP contribution in [0.2, 0.25) is 0 Å². The van der Waals surface area contributed by atoms with Crippen LogP contribution in [-0.4, -0.2) is 65.8 Å². The highest BCUT2D eigenvalue weighted by Gasteiger charge is 2.34. The molecule has 0 radical (unpaired) electrons. The molecule has 5 rings (SSSR count). The number of benzene rings is 4. The van der Waals surface area contributed by atoms with Gasteiger partial charge >= 0.3 is 0 Å². The Bertz CT molecular complexity index is 1600. The number of nitrogens with zero attached hydrogens (tertiary/aromatic N) is 3. The van der Waals surface area contributed by atoms with Gasteiger partial charge in [-0.25, -0.2) is 4.39 Å². The minimum absolute atomic E-state index is 0.0642. The molecule has 46 heavy (non-hydrogen) atoms. The van der Waals surface area contributed by atoms with Crippen LogP contribution in [0.3, 0.4) is 0 Å². The number of carbonyl (C=O) groups excluding carboxylic acids is 2. The average Bonchev–Trinajstić information content (AvgIpc) is 3.10. The highest BCUT2D eigenvalue weighted by molar-refractivity contribution is 5.95. The molecule has 238 valence electrons. The summed E-state index contributed by atoms with van der Waals surface area (Å²) < 4.78 is 19.4. The molecule has 7 heteroatoms. The molecule has 1 fully saturated rings. The van der Waals surface area contributed by atoms with Gasteiger partial charge < -0.3 is 14.5 Å². The molecule has 0 aliphatic carbocycles. The first kappa shape index (κ1) is 32.6. The van der Waals surface area contributed by atoms with Crippen LogP contribution in [0.1, 0.15) is 34.7 Å². The number of carbonyl (C=O) groups is 2. The highest BCUT2D eigenvalue weighted by Crippen LogP contribution is 2.21. The molecule has 0 N–H and O–H groups in total. The van der Waals surface area contributed by atoms with Crippen molar-refractivity contribution in [2.75, 3.05) is 33.3 Å². The summed E-state index contributed by atoms with van der Waals surface area (Å²) in [5, 5.41) is 0. The summed E-state index contributed by atoms with van der Waals surface area (Å²) in [4.78, 5) is 34.4. The van der Waals surface area contributed by atoms with Gasteiger partial charge in [0.25, 0.3) is 0 Å². The van der Waals surface area contributed by atoms with E-state index in [1.54, 1.807) is 17.0 Å². The molecule has 6 nitrogen and oxygen atoms in total. The minimum Gasteiger partial charge on any atom is -0.494 e. The second kappa shape index (κ2) is 16.0. The normalized spacial score (nSPS) is 14.3. The van der Waals surface area contributed by atoms with Crippen molar-refractivity contribution in [3.8, 4) is 5.75 Å². The zero-order chi connectivity index (χ0) is 32.3. The second-order valence-corrected chi connectivity index (χ2v) is 11.7. The van der Waals surface area contributed by atoms with Crippen LogP contribution in [0.5, 0.6) is 5.75 Å². The van der Waals surface area contributed by atoms with Gasteiger partial charge in [0, 0.05) is 51.8 Å². The molecule has 4 aromatic rings. The van der Waals surface area contributed by atoms with Crippen LogP contribution in [0.4, 0.5) is 4.39 Å². The van der Waals surface area contributed by atoms with Gasteiger partial charge in [-0.1, -0.05) is 97.9 Å². The van der Waals surface area contributed by atoms with Gasteiger partial charge in [0.1, 0.15) is 6.04 Å². The number of halogens is 1. The Kier molecular flexibility index (Phi) is 11.4. The van der Waals surface area contributed by atoms with Crippen molar-refractivity contribution in [3.63, 3.8) is 0 Å². The van der Waals surface area contributed by atoms with Crippen LogP contribution in [0.25, 0.3) is 6.08 Å². The number of amides is 2. The van der Waals surface area contributed by atoms with Gasteiger partial charge in [-0.05, 0) is 52.4 Å². The maximum Gasteiger partial charge on any atom is 0.247 e. The number of methoxy groups -OCH3 is 1. The highest BCUT2D eigenvalue weighted by atomic mass is 19.1. The molecular weight excluding hydrogens is 577 g/mol. The molecular formula is C39H42FN3O3. The third-order valence-electron chi connectivity index (χ3n) is 8.53. The number of ether oxygens (including phenoxy) is 1. The van der Waals surface area contributed by atoms with Crippen molar-refractivity contribution in [2.45, 2.75) is 38.9 Å². The summed E-state index contributed by atoms with van der Waals surface area (Å²) in [6.45, 7) is 5.90. The van der Waals surface area contributed by atoms with Gasteiger partial charge in [-0.15, -0.1) is 0 Å². The van der Waals surface area contributed by atoms with E-state index < -0.39 is 11.9 Å². The minimum atomic E-state index is -0.723. The van der Waals surface area contributed by atoms with Crippen molar-refractivity contribution in [3.05, 3.63) is 143 Å². The summed E-state index contributed by atoms with van der Waals surface area (Å²) in [5.74, 6) is -0.745. The van der Waals surface area contributed by atoms with Crippen molar-refractivity contribution in [1.82, 2.24) is 14.7 Å². The third-order valence-corrected chi connectivity index (χ3v) is 8.53. The zero-order valence-corrected chi connectivity index (χ0v) is 26.6. The van der Waals surface area contributed by atoms with E-state index in [2.05, 4.69) is 36.1 Å². The summed E-state index contributed by atoms with van der Waals surface area (Å²) in [6, 6.07) is 32.2. The third kappa shape index (κ3) is 8.70. The van der Waals surface area contributed by atoms with E-state index in [-0.39, 0.29) is 24.1 Å². The summed E-state index contributed by atoms with van der Waals surface area (Å²) in [5.41, 5.74) is 4.89. The number of aryl methyl sites for hydroxylation is 1. The molecule has 0 saturated carbocycles. The predicted molar refractivity (Wildman–Crippen MR) is 181 cm³/mol. The Hall–Kier alpha value is -4.75. The lowest BCUT2D eigenvalue weighted by Gasteiger charge is -2.39. The monoisotopic (exact) mass is 619 g/mol. The molecule has 1 aliphatic rings. The van der Waals surface area contributed by atoms with Crippen molar-refractivity contribution in [2.24, 2.45) is 0 Å². The smallest absolute Gasteiger partial charge is 0.247 e. The quantitative estimate of drug-likeness (QED) is 0.173. The summed E-state index contributed by atoms with van der Waals surface area (Å²) >= 11 is 0. The van der Waals surface area contributed by atoms with E-state index in [9.17, 15) is 14.0 Å². The molecule has 1 saturated heterocycles. The first-order chi connectivity index (χ1) is 22.4. The molecule has 4 aromatic carbocycles. The maximum atomic E-state index is 14.4. The Labute approximate surface area is 271 Å². The molecule has 0 aromatic heterocycles. The summed E-state index contributed by atoms with van der Waals surface area (Å²) in [6.07, 6.45) is 4.32. The first-order valence-corrected chi connectivity index (χ1v) is 15.9. The molecule has 1 atom stereocenters. The Balaban J connectivity index is 1.41. The molecule has 1 aliphatic heterocycles. The number of hydrogen-bond acceptors (Lipinski definition) is 4. The second-order valence-electron chi connectivity index (χ2n) is 11.7. The molecule has 0 bridgehead atoms. The fourth-order valence-corrected chi connectivity index (χ4v) is 5.82. The van der Waals surface area contributed by atoms with Crippen LogP contribution < -0.4 is 4.74 Å². The van der Waals surface area contributed by atoms with E-state index in [0.29, 0.717) is 25.1 Å². The Morgan fingerprint density at radius 3 is 2.07 bits per heavy atom. The average molecular weight is 620 g/mol. The standard InChI is InChI=1S/C39H42FN3O3/c1-3-30-14-16-34(17-15-30)29-43(38(44)21-19-32-18-20-37(46-2)35(40)26-32)36(27-31-10-6-4-7-11-31)39(45)42-24-22-41(23-25-42)28-33-12-8-5-9-13-33/h4-21,26,36H,3,22-25,27-29H2,1-2H3. The van der Waals surface area contributed by atoms with Crippen LogP contribution in [0.15, 0.2) is 109 Å². The fourth-order valence-electron chi connectivity index (χ4n) is 5.82. The van der Waals surface area contributed by atoms with Gasteiger partial charge in [0.2, 0.25) is 11.8 Å². The Morgan fingerprint density at radius 2 is 1.46 bits per heavy atom. The lowest BCUT2D eigenvalue weighted by atomic mass is 10.0. The molecule has 0 spiro atoms. The van der Waals surface area contributed by atoms with E-state index in [0.717, 1.165) is 37.2 Å². The van der Waals surface area contributed by atoms with Gasteiger partial charge in [0.15, 0.2) is 11.6 Å². The van der Waals surface area contributed by atoms with E-state index >= 15 is 0 Å². The number of hydrogen-bond donors (Lipinski definition) is 0. The SMILES string of the molecule is CCc1ccc(CN(C(=O)C=Cc2ccc(OC)c(F)c2)C(Cc2ccccc2)C(=O)N2CCN(Cc3ccccc3)CC2)cc1.